The molecule has 31 heavy (non-hydrogen) atoms. The molecule has 3 heterocycles. The third-order valence-corrected chi connectivity index (χ3v) is 6.44. The molecule has 2 unspecified atom stereocenters. The first-order chi connectivity index (χ1) is 15.2. The molecule has 2 atom stereocenters. The number of piperazine rings is 1. The van der Waals surface area contributed by atoms with Crippen molar-refractivity contribution in [1.82, 2.24) is 25.5 Å². The minimum atomic E-state index is -0.124. The van der Waals surface area contributed by atoms with Crippen molar-refractivity contribution in [3.05, 3.63) is 42.2 Å². The summed E-state index contributed by atoms with van der Waals surface area (Å²) in [6.07, 6.45) is 4.26. The van der Waals surface area contributed by atoms with Crippen LogP contribution in [0.5, 0.6) is 11.5 Å². The molecule has 1 aromatic carbocycles. The van der Waals surface area contributed by atoms with Gasteiger partial charge in [0.15, 0.2) is 6.04 Å². The van der Waals surface area contributed by atoms with Gasteiger partial charge in [0.1, 0.15) is 11.5 Å². The van der Waals surface area contributed by atoms with E-state index in [1.165, 1.54) is 0 Å². The Labute approximate surface area is 183 Å². The molecule has 1 aromatic heterocycles. The Bertz CT molecular complexity index is 874. The summed E-state index contributed by atoms with van der Waals surface area (Å²) in [6.45, 7) is 10.0. The molecule has 168 valence electrons. The topological polar surface area (TPSA) is 83.3 Å². The predicted molar refractivity (Wildman–Crippen MR) is 116 cm³/mol. The summed E-state index contributed by atoms with van der Waals surface area (Å²) in [4.78, 5) is 0. The van der Waals surface area contributed by atoms with Crippen LogP contribution in [0.25, 0.3) is 0 Å². The van der Waals surface area contributed by atoms with Gasteiger partial charge >= 0.3 is 0 Å². The number of rotatable bonds is 9. The van der Waals surface area contributed by atoms with Crippen LogP contribution in [0.2, 0.25) is 0 Å². The van der Waals surface area contributed by atoms with E-state index < -0.39 is 0 Å². The Balaban J connectivity index is 1.85. The second kappa shape index (κ2) is 9.76. The average molecular weight is 430 g/mol. The fourth-order valence-corrected chi connectivity index (χ4v) is 4.89. The van der Waals surface area contributed by atoms with Gasteiger partial charge in [0.2, 0.25) is 5.82 Å². The third kappa shape index (κ3) is 4.44. The van der Waals surface area contributed by atoms with E-state index in [0.29, 0.717) is 6.54 Å². The first-order valence-corrected chi connectivity index (χ1v) is 11.0. The van der Waals surface area contributed by atoms with Crippen LogP contribution >= 0.6 is 0 Å². The van der Waals surface area contributed by atoms with E-state index in [1.54, 1.807) is 14.2 Å². The zero-order chi connectivity index (χ0) is 21.7. The first kappa shape index (κ1) is 21.7. The van der Waals surface area contributed by atoms with Gasteiger partial charge in [-0.15, -0.1) is 5.10 Å². The number of hydrogen-bond acceptors (Lipinski definition) is 7. The molecule has 0 radical (unpaired) electrons. The first-order valence-electron chi connectivity index (χ1n) is 11.0. The van der Waals surface area contributed by atoms with Crippen LogP contribution in [0.4, 0.5) is 0 Å². The van der Waals surface area contributed by atoms with E-state index in [4.69, 9.17) is 14.2 Å². The summed E-state index contributed by atoms with van der Waals surface area (Å²) in [5.74, 6) is 2.41. The van der Waals surface area contributed by atoms with Gasteiger partial charge in [-0.05, 0) is 47.5 Å². The normalized spacial score (nSPS) is 21.5. The number of methoxy groups -OCH3 is 2. The SMILES string of the molecule is C=CC[N+]1(C(c2cc(OC)ccc2OC)c2nnnn2CC2CCCO2)CCNCC1. The number of quaternary nitrogens is 1. The molecule has 4 rings (SSSR count). The van der Waals surface area contributed by atoms with E-state index in [0.717, 1.165) is 79.5 Å². The van der Waals surface area contributed by atoms with Crippen molar-refractivity contribution in [2.75, 3.05) is 53.6 Å². The van der Waals surface area contributed by atoms with Gasteiger partial charge in [-0.25, -0.2) is 4.68 Å². The van der Waals surface area contributed by atoms with E-state index >= 15 is 0 Å². The quantitative estimate of drug-likeness (QED) is 0.478. The number of tetrazole rings is 1. The largest absolute Gasteiger partial charge is 0.497 e. The fourth-order valence-electron chi connectivity index (χ4n) is 4.89. The zero-order valence-corrected chi connectivity index (χ0v) is 18.5. The van der Waals surface area contributed by atoms with Crippen molar-refractivity contribution in [2.24, 2.45) is 0 Å². The summed E-state index contributed by atoms with van der Waals surface area (Å²) in [7, 11) is 3.38. The van der Waals surface area contributed by atoms with E-state index in [9.17, 15) is 0 Å². The van der Waals surface area contributed by atoms with Crippen LogP contribution in [0.3, 0.4) is 0 Å². The second-order valence-corrected chi connectivity index (χ2v) is 8.25. The number of nitrogens with zero attached hydrogens (tertiary/aromatic N) is 5. The lowest BCUT2D eigenvalue weighted by Gasteiger charge is -2.46. The Hall–Kier alpha value is -2.49. The molecule has 0 aliphatic carbocycles. The van der Waals surface area contributed by atoms with Gasteiger partial charge in [0.05, 0.1) is 52.1 Å². The maximum atomic E-state index is 5.87. The number of benzene rings is 1. The molecule has 2 aromatic rings. The number of ether oxygens (including phenoxy) is 3. The molecule has 2 aliphatic heterocycles. The Morgan fingerprint density at radius 2 is 2.16 bits per heavy atom. The van der Waals surface area contributed by atoms with Crippen molar-refractivity contribution in [1.29, 1.82) is 0 Å². The molecular weight excluding hydrogens is 396 g/mol. The molecule has 0 bridgehead atoms. The lowest BCUT2D eigenvalue weighted by atomic mass is 9.98. The van der Waals surface area contributed by atoms with Gasteiger partial charge in [0, 0.05) is 19.7 Å². The van der Waals surface area contributed by atoms with Crippen LogP contribution < -0.4 is 14.8 Å². The molecule has 0 spiro atoms. The lowest BCUT2D eigenvalue weighted by Crippen LogP contribution is -2.61. The van der Waals surface area contributed by atoms with Crippen LogP contribution in [0, 0.1) is 0 Å². The summed E-state index contributed by atoms with van der Waals surface area (Å²) in [5, 5.41) is 16.5. The van der Waals surface area contributed by atoms with Gasteiger partial charge in [0.25, 0.3) is 0 Å². The maximum absolute atomic E-state index is 5.87. The van der Waals surface area contributed by atoms with Crippen molar-refractivity contribution in [3.8, 4) is 11.5 Å². The highest BCUT2D eigenvalue weighted by Gasteiger charge is 2.44. The molecule has 0 amide bonds. The van der Waals surface area contributed by atoms with E-state index in [-0.39, 0.29) is 12.1 Å². The van der Waals surface area contributed by atoms with Crippen LogP contribution in [0.1, 0.15) is 30.3 Å². The lowest BCUT2D eigenvalue weighted by molar-refractivity contribution is -0.948. The highest BCUT2D eigenvalue weighted by Crippen LogP contribution is 2.41. The van der Waals surface area contributed by atoms with E-state index in [2.05, 4.69) is 33.5 Å². The molecule has 1 N–H and O–H groups in total. The number of aromatic nitrogens is 4. The molecule has 9 nitrogen and oxygen atoms in total. The van der Waals surface area contributed by atoms with Crippen LogP contribution in [-0.4, -0.2) is 84.3 Å². The molecule has 9 heteroatoms. The molecule has 2 fully saturated rings. The molecule has 0 saturated carbocycles. The zero-order valence-electron chi connectivity index (χ0n) is 18.5. The smallest absolute Gasteiger partial charge is 0.214 e. The standard InChI is InChI=1S/C22H33N6O3/c1-4-11-28(12-9-23-10-13-28)21(19-15-17(29-2)7-8-20(19)30-3)22-24-25-26-27(22)16-18-6-5-14-31-18/h4,7-8,15,18,21,23H,1,5-6,9-14,16H2,2-3H3/q+1. The second-order valence-electron chi connectivity index (χ2n) is 8.25. The fraction of sp³-hybridized carbons (Fsp3) is 0.591. The molecule has 2 aliphatic rings. The van der Waals surface area contributed by atoms with Gasteiger partial charge < -0.3 is 24.0 Å². The van der Waals surface area contributed by atoms with Crippen molar-refractivity contribution in [3.63, 3.8) is 0 Å². The van der Waals surface area contributed by atoms with Gasteiger partial charge in [-0.3, -0.25) is 0 Å². The van der Waals surface area contributed by atoms with Crippen LogP contribution in [-0.2, 0) is 11.3 Å². The minimum absolute atomic E-state index is 0.124. The van der Waals surface area contributed by atoms with Crippen molar-refractivity contribution >= 4 is 0 Å². The van der Waals surface area contributed by atoms with Crippen molar-refractivity contribution < 1.29 is 18.7 Å². The van der Waals surface area contributed by atoms with E-state index in [1.807, 2.05) is 22.9 Å². The third-order valence-electron chi connectivity index (χ3n) is 6.44. The summed E-state index contributed by atoms with van der Waals surface area (Å²) in [5.41, 5.74) is 1.02. The van der Waals surface area contributed by atoms with Crippen molar-refractivity contribution in [2.45, 2.75) is 31.5 Å². The predicted octanol–water partition coefficient (Wildman–Crippen LogP) is 1.56. The Morgan fingerprint density at radius 1 is 1.32 bits per heavy atom. The monoisotopic (exact) mass is 429 g/mol. The maximum Gasteiger partial charge on any atom is 0.214 e. The average Bonchev–Trinajstić information content (AvgIpc) is 3.48. The van der Waals surface area contributed by atoms with Gasteiger partial charge in [-0.1, -0.05) is 6.58 Å². The Kier molecular flexibility index (Phi) is 6.84. The minimum Gasteiger partial charge on any atom is -0.497 e. The number of nitrogens with one attached hydrogen (secondary N) is 1. The highest BCUT2D eigenvalue weighted by molar-refractivity contribution is 5.43. The van der Waals surface area contributed by atoms with Crippen LogP contribution in [0.15, 0.2) is 30.9 Å². The molecular formula is C22H33N6O3+. The molecule has 2 saturated heterocycles. The highest BCUT2D eigenvalue weighted by atomic mass is 16.5. The number of hydrogen-bond donors (Lipinski definition) is 1. The Morgan fingerprint density at radius 3 is 2.84 bits per heavy atom. The van der Waals surface area contributed by atoms with Gasteiger partial charge in [-0.2, -0.15) is 0 Å². The summed E-state index contributed by atoms with van der Waals surface area (Å²) >= 11 is 0. The summed E-state index contributed by atoms with van der Waals surface area (Å²) in [6, 6.07) is 5.81. The summed E-state index contributed by atoms with van der Waals surface area (Å²) < 4.78 is 19.9.